The second-order valence-corrected chi connectivity index (χ2v) is 8.30. The SMILES string of the molecule is COc1ccc(C(=O)N2CCCN(C(=O)C(c3ccccc3)c3ccccc3)CC2)cc1OC. The van der Waals surface area contributed by atoms with Gasteiger partial charge in [-0.25, -0.2) is 0 Å². The fraction of sp³-hybridized carbons (Fsp3) is 0.286. The van der Waals surface area contributed by atoms with Crippen molar-refractivity contribution in [3.05, 3.63) is 95.6 Å². The van der Waals surface area contributed by atoms with E-state index in [-0.39, 0.29) is 17.7 Å². The van der Waals surface area contributed by atoms with Gasteiger partial charge in [0, 0.05) is 31.7 Å². The normalized spacial score (nSPS) is 14.0. The molecule has 4 rings (SSSR count). The number of benzene rings is 3. The van der Waals surface area contributed by atoms with Crippen LogP contribution in [0.2, 0.25) is 0 Å². The van der Waals surface area contributed by atoms with Gasteiger partial charge in [0.2, 0.25) is 5.91 Å². The number of methoxy groups -OCH3 is 2. The van der Waals surface area contributed by atoms with Gasteiger partial charge in [-0.2, -0.15) is 0 Å². The molecule has 3 aromatic carbocycles. The standard InChI is InChI=1S/C28H30N2O4/c1-33-24-15-14-23(20-25(24)34-2)27(31)29-16-9-17-30(19-18-29)28(32)26(21-10-5-3-6-11-21)22-12-7-4-8-13-22/h3-8,10-15,20,26H,9,16-19H2,1-2H3. The van der Waals surface area contributed by atoms with Crippen LogP contribution in [0.1, 0.15) is 33.8 Å². The van der Waals surface area contributed by atoms with E-state index in [1.165, 1.54) is 0 Å². The Labute approximate surface area is 200 Å². The molecule has 1 heterocycles. The maximum Gasteiger partial charge on any atom is 0.254 e. The van der Waals surface area contributed by atoms with Crippen LogP contribution in [0.5, 0.6) is 11.5 Å². The van der Waals surface area contributed by atoms with Crippen LogP contribution in [0.15, 0.2) is 78.9 Å². The van der Waals surface area contributed by atoms with Crippen LogP contribution in [0.4, 0.5) is 0 Å². The van der Waals surface area contributed by atoms with E-state index in [2.05, 4.69) is 0 Å². The van der Waals surface area contributed by atoms with Crippen molar-refractivity contribution >= 4 is 11.8 Å². The second-order valence-electron chi connectivity index (χ2n) is 8.30. The van der Waals surface area contributed by atoms with Crippen molar-refractivity contribution in [1.82, 2.24) is 9.80 Å². The first kappa shape index (κ1) is 23.4. The highest BCUT2D eigenvalue weighted by Gasteiger charge is 2.30. The minimum Gasteiger partial charge on any atom is -0.493 e. The van der Waals surface area contributed by atoms with E-state index in [9.17, 15) is 9.59 Å². The van der Waals surface area contributed by atoms with Crippen LogP contribution in [0.25, 0.3) is 0 Å². The molecule has 1 saturated heterocycles. The van der Waals surface area contributed by atoms with Gasteiger partial charge in [-0.15, -0.1) is 0 Å². The van der Waals surface area contributed by atoms with E-state index in [1.807, 2.05) is 70.5 Å². The zero-order valence-corrected chi connectivity index (χ0v) is 19.6. The van der Waals surface area contributed by atoms with Crippen molar-refractivity contribution in [3.63, 3.8) is 0 Å². The molecule has 0 N–H and O–H groups in total. The molecule has 1 aliphatic heterocycles. The number of carbonyl (C=O) groups excluding carboxylic acids is 2. The lowest BCUT2D eigenvalue weighted by Crippen LogP contribution is -2.39. The smallest absolute Gasteiger partial charge is 0.254 e. The topological polar surface area (TPSA) is 59.1 Å². The molecule has 0 aromatic heterocycles. The first-order valence-corrected chi connectivity index (χ1v) is 11.5. The van der Waals surface area contributed by atoms with E-state index in [0.717, 1.165) is 17.5 Å². The van der Waals surface area contributed by atoms with Crippen molar-refractivity contribution in [2.75, 3.05) is 40.4 Å². The lowest BCUT2D eigenvalue weighted by Gasteiger charge is -2.27. The van der Waals surface area contributed by atoms with Gasteiger partial charge in [0.05, 0.1) is 20.1 Å². The summed E-state index contributed by atoms with van der Waals surface area (Å²) in [4.78, 5) is 30.7. The molecule has 34 heavy (non-hydrogen) atoms. The van der Waals surface area contributed by atoms with Gasteiger partial charge in [-0.1, -0.05) is 60.7 Å². The molecule has 0 spiro atoms. The molecule has 0 radical (unpaired) electrons. The summed E-state index contributed by atoms with van der Waals surface area (Å²) in [6, 6.07) is 25.0. The molecule has 0 atom stereocenters. The fourth-order valence-corrected chi connectivity index (χ4v) is 4.44. The quantitative estimate of drug-likeness (QED) is 0.555. The highest BCUT2D eigenvalue weighted by atomic mass is 16.5. The predicted molar refractivity (Wildman–Crippen MR) is 131 cm³/mol. The third-order valence-electron chi connectivity index (χ3n) is 6.24. The average molecular weight is 459 g/mol. The van der Waals surface area contributed by atoms with E-state index in [0.29, 0.717) is 43.2 Å². The summed E-state index contributed by atoms with van der Waals surface area (Å²) in [5.41, 5.74) is 2.49. The zero-order chi connectivity index (χ0) is 23.9. The number of ether oxygens (including phenoxy) is 2. The number of hydrogen-bond donors (Lipinski definition) is 0. The van der Waals surface area contributed by atoms with Crippen LogP contribution >= 0.6 is 0 Å². The van der Waals surface area contributed by atoms with Crippen LogP contribution in [0.3, 0.4) is 0 Å². The lowest BCUT2D eigenvalue weighted by molar-refractivity contribution is -0.131. The number of rotatable bonds is 6. The van der Waals surface area contributed by atoms with E-state index < -0.39 is 0 Å². The molecule has 0 aliphatic carbocycles. The van der Waals surface area contributed by atoms with Gasteiger partial charge >= 0.3 is 0 Å². The molecule has 1 fully saturated rings. The van der Waals surface area contributed by atoms with Gasteiger partial charge in [0.15, 0.2) is 11.5 Å². The summed E-state index contributed by atoms with van der Waals surface area (Å²) in [6.07, 6.45) is 0.723. The Balaban J connectivity index is 1.51. The van der Waals surface area contributed by atoms with Gasteiger partial charge in [0.25, 0.3) is 5.91 Å². The van der Waals surface area contributed by atoms with E-state index >= 15 is 0 Å². The Morgan fingerprint density at radius 3 is 1.85 bits per heavy atom. The van der Waals surface area contributed by atoms with E-state index in [4.69, 9.17) is 9.47 Å². The van der Waals surface area contributed by atoms with Gasteiger partial charge in [0.1, 0.15) is 0 Å². The van der Waals surface area contributed by atoms with Crippen molar-refractivity contribution in [3.8, 4) is 11.5 Å². The van der Waals surface area contributed by atoms with Crippen molar-refractivity contribution in [2.24, 2.45) is 0 Å². The molecule has 176 valence electrons. The minimum absolute atomic E-state index is 0.0674. The number of carbonyl (C=O) groups is 2. The molecule has 1 aliphatic rings. The van der Waals surface area contributed by atoms with Crippen LogP contribution in [-0.2, 0) is 4.79 Å². The zero-order valence-electron chi connectivity index (χ0n) is 19.6. The Bertz CT molecular complexity index is 1080. The van der Waals surface area contributed by atoms with Gasteiger partial charge in [-0.05, 0) is 35.7 Å². The summed E-state index contributed by atoms with van der Waals surface area (Å²) in [5.74, 6) is 0.735. The van der Waals surface area contributed by atoms with Crippen molar-refractivity contribution in [1.29, 1.82) is 0 Å². The van der Waals surface area contributed by atoms with Crippen molar-refractivity contribution < 1.29 is 19.1 Å². The van der Waals surface area contributed by atoms with Crippen molar-refractivity contribution in [2.45, 2.75) is 12.3 Å². The number of nitrogens with zero attached hydrogens (tertiary/aromatic N) is 2. The molecular formula is C28H30N2O4. The van der Waals surface area contributed by atoms with E-state index in [1.54, 1.807) is 32.4 Å². The van der Waals surface area contributed by atoms with Gasteiger partial charge < -0.3 is 19.3 Å². The molecular weight excluding hydrogens is 428 g/mol. The Morgan fingerprint density at radius 1 is 0.706 bits per heavy atom. The molecule has 6 nitrogen and oxygen atoms in total. The number of amides is 2. The lowest BCUT2D eigenvalue weighted by atomic mass is 9.90. The van der Waals surface area contributed by atoms with Crippen LogP contribution in [-0.4, -0.2) is 62.0 Å². The summed E-state index contributed by atoms with van der Waals surface area (Å²) >= 11 is 0. The molecule has 6 heteroatoms. The minimum atomic E-state index is -0.365. The third kappa shape index (κ3) is 5.06. The Kier molecular flexibility index (Phi) is 7.48. The molecule has 2 amide bonds. The summed E-state index contributed by atoms with van der Waals surface area (Å²) in [6.45, 7) is 2.19. The summed E-state index contributed by atoms with van der Waals surface area (Å²) < 4.78 is 10.6. The van der Waals surface area contributed by atoms with Crippen LogP contribution in [0, 0.1) is 0 Å². The maximum atomic E-state index is 13.7. The average Bonchev–Trinajstić information content (AvgIpc) is 3.15. The molecule has 0 bridgehead atoms. The highest BCUT2D eigenvalue weighted by Crippen LogP contribution is 2.29. The highest BCUT2D eigenvalue weighted by molar-refractivity contribution is 5.95. The molecule has 0 saturated carbocycles. The predicted octanol–water partition coefficient (Wildman–Crippen LogP) is 4.21. The molecule has 0 unspecified atom stereocenters. The summed E-state index contributed by atoms with van der Waals surface area (Å²) in [5, 5.41) is 0. The Hall–Kier alpha value is -3.80. The first-order chi connectivity index (χ1) is 16.6. The maximum absolute atomic E-state index is 13.7. The van der Waals surface area contributed by atoms with Crippen LogP contribution < -0.4 is 9.47 Å². The Morgan fingerprint density at radius 2 is 1.26 bits per heavy atom. The largest absolute Gasteiger partial charge is 0.493 e. The molecule has 3 aromatic rings. The van der Waals surface area contributed by atoms with Gasteiger partial charge in [-0.3, -0.25) is 9.59 Å². The second kappa shape index (κ2) is 10.9. The first-order valence-electron chi connectivity index (χ1n) is 11.5. The monoisotopic (exact) mass is 458 g/mol. The third-order valence-corrected chi connectivity index (χ3v) is 6.24. The summed E-state index contributed by atoms with van der Waals surface area (Å²) in [7, 11) is 3.12. The number of hydrogen-bond acceptors (Lipinski definition) is 4. The fourth-order valence-electron chi connectivity index (χ4n) is 4.44.